The van der Waals surface area contributed by atoms with Crippen molar-refractivity contribution < 1.29 is 9.90 Å². The SMILES string of the molecule is CC(C)c1ccc(C(=O)C=Cc2ccc(O)cc2)cc1. The first-order valence-electron chi connectivity index (χ1n) is 6.67. The normalized spacial score (nSPS) is 11.2. The van der Waals surface area contributed by atoms with Gasteiger partial charge in [0.25, 0.3) is 0 Å². The van der Waals surface area contributed by atoms with Gasteiger partial charge < -0.3 is 5.11 Å². The lowest BCUT2D eigenvalue weighted by Gasteiger charge is -2.05. The maximum atomic E-state index is 12.0. The zero-order valence-electron chi connectivity index (χ0n) is 11.7. The van der Waals surface area contributed by atoms with E-state index in [4.69, 9.17) is 0 Å². The van der Waals surface area contributed by atoms with E-state index in [9.17, 15) is 9.90 Å². The Morgan fingerprint density at radius 2 is 1.60 bits per heavy atom. The summed E-state index contributed by atoms with van der Waals surface area (Å²) in [6, 6.07) is 14.4. The Morgan fingerprint density at radius 1 is 1.00 bits per heavy atom. The summed E-state index contributed by atoms with van der Waals surface area (Å²) in [6.45, 7) is 4.25. The Balaban J connectivity index is 2.09. The van der Waals surface area contributed by atoms with Crippen LogP contribution in [0.3, 0.4) is 0 Å². The van der Waals surface area contributed by atoms with Crippen molar-refractivity contribution in [2.24, 2.45) is 0 Å². The second kappa shape index (κ2) is 6.20. The number of rotatable bonds is 4. The van der Waals surface area contributed by atoms with Crippen LogP contribution in [0.4, 0.5) is 0 Å². The van der Waals surface area contributed by atoms with Gasteiger partial charge in [-0.15, -0.1) is 0 Å². The highest BCUT2D eigenvalue weighted by Gasteiger charge is 2.03. The van der Waals surface area contributed by atoms with Crippen LogP contribution in [-0.4, -0.2) is 10.9 Å². The number of phenolic OH excluding ortho intramolecular Hbond substituents is 1. The molecule has 0 atom stereocenters. The van der Waals surface area contributed by atoms with Gasteiger partial charge in [0, 0.05) is 5.56 Å². The molecule has 0 bridgehead atoms. The minimum Gasteiger partial charge on any atom is -0.508 e. The molecule has 0 radical (unpaired) electrons. The summed E-state index contributed by atoms with van der Waals surface area (Å²) in [6.07, 6.45) is 3.30. The van der Waals surface area contributed by atoms with Gasteiger partial charge in [0.1, 0.15) is 5.75 Å². The van der Waals surface area contributed by atoms with Crippen LogP contribution < -0.4 is 0 Å². The third kappa shape index (κ3) is 3.58. The van der Waals surface area contributed by atoms with E-state index in [1.807, 2.05) is 24.3 Å². The molecule has 0 heterocycles. The molecule has 2 rings (SSSR count). The van der Waals surface area contributed by atoms with Crippen LogP contribution in [0.2, 0.25) is 0 Å². The largest absolute Gasteiger partial charge is 0.508 e. The van der Waals surface area contributed by atoms with Crippen molar-refractivity contribution in [1.29, 1.82) is 0 Å². The number of hydrogen-bond acceptors (Lipinski definition) is 2. The van der Waals surface area contributed by atoms with Crippen molar-refractivity contribution >= 4 is 11.9 Å². The van der Waals surface area contributed by atoms with Crippen LogP contribution >= 0.6 is 0 Å². The van der Waals surface area contributed by atoms with Crippen LogP contribution in [0, 0.1) is 0 Å². The van der Waals surface area contributed by atoms with Crippen molar-refractivity contribution in [2.75, 3.05) is 0 Å². The first-order valence-corrected chi connectivity index (χ1v) is 6.67. The van der Waals surface area contributed by atoms with Crippen molar-refractivity contribution in [3.8, 4) is 5.75 Å². The van der Waals surface area contributed by atoms with E-state index in [1.165, 1.54) is 5.56 Å². The van der Waals surface area contributed by atoms with E-state index in [0.717, 1.165) is 5.56 Å². The number of allylic oxidation sites excluding steroid dienone is 1. The molecule has 0 aliphatic rings. The molecule has 2 aromatic carbocycles. The number of carbonyl (C=O) groups excluding carboxylic acids is 1. The summed E-state index contributed by atoms with van der Waals surface area (Å²) in [4.78, 5) is 12.0. The monoisotopic (exact) mass is 266 g/mol. The van der Waals surface area contributed by atoms with Crippen LogP contribution in [0.25, 0.3) is 6.08 Å². The number of phenols is 1. The van der Waals surface area contributed by atoms with Crippen molar-refractivity contribution in [3.63, 3.8) is 0 Å². The van der Waals surface area contributed by atoms with E-state index in [0.29, 0.717) is 11.5 Å². The molecule has 20 heavy (non-hydrogen) atoms. The number of carbonyl (C=O) groups is 1. The number of aromatic hydroxyl groups is 1. The summed E-state index contributed by atoms with van der Waals surface area (Å²) in [5.41, 5.74) is 2.79. The molecule has 0 aliphatic heterocycles. The molecule has 0 aliphatic carbocycles. The predicted molar refractivity (Wildman–Crippen MR) is 82.0 cm³/mol. The number of hydrogen-bond donors (Lipinski definition) is 1. The van der Waals surface area contributed by atoms with Gasteiger partial charge in [0.15, 0.2) is 5.78 Å². The Labute approximate surface area is 119 Å². The molecule has 2 aromatic rings. The molecule has 2 nitrogen and oxygen atoms in total. The molecular formula is C18H18O2. The summed E-state index contributed by atoms with van der Waals surface area (Å²) in [5.74, 6) is 0.665. The van der Waals surface area contributed by atoms with Crippen LogP contribution in [0.5, 0.6) is 5.75 Å². The minimum atomic E-state index is -0.0200. The average molecular weight is 266 g/mol. The lowest BCUT2D eigenvalue weighted by molar-refractivity contribution is 0.104. The van der Waals surface area contributed by atoms with Gasteiger partial charge in [-0.1, -0.05) is 56.3 Å². The highest BCUT2D eigenvalue weighted by Crippen LogP contribution is 2.16. The lowest BCUT2D eigenvalue weighted by atomic mass is 10.0. The predicted octanol–water partition coefficient (Wildman–Crippen LogP) is 4.41. The van der Waals surface area contributed by atoms with Crippen molar-refractivity contribution in [2.45, 2.75) is 19.8 Å². The fourth-order valence-corrected chi connectivity index (χ4v) is 1.89. The Kier molecular flexibility index (Phi) is 4.36. The zero-order chi connectivity index (χ0) is 14.5. The summed E-state index contributed by atoms with van der Waals surface area (Å²) < 4.78 is 0. The van der Waals surface area contributed by atoms with Gasteiger partial charge in [0.05, 0.1) is 0 Å². The van der Waals surface area contributed by atoms with Crippen LogP contribution in [0.1, 0.15) is 41.3 Å². The molecule has 0 amide bonds. The third-order valence-electron chi connectivity index (χ3n) is 3.18. The summed E-state index contributed by atoms with van der Waals surface area (Å²) in [7, 11) is 0. The van der Waals surface area contributed by atoms with Crippen LogP contribution in [0.15, 0.2) is 54.6 Å². The smallest absolute Gasteiger partial charge is 0.185 e. The minimum absolute atomic E-state index is 0.0200. The lowest BCUT2D eigenvalue weighted by Crippen LogP contribution is -1.95. The van der Waals surface area contributed by atoms with Crippen LogP contribution in [-0.2, 0) is 0 Å². The van der Waals surface area contributed by atoms with Gasteiger partial charge in [-0.3, -0.25) is 4.79 Å². The number of ketones is 1. The average Bonchev–Trinajstić information content (AvgIpc) is 2.46. The molecule has 2 heteroatoms. The van der Waals surface area contributed by atoms with Crippen molar-refractivity contribution in [1.82, 2.24) is 0 Å². The molecule has 0 saturated heterocycles. The fourth-order valence-electron chi connectivity index (χ4n) is 1.89. The van der Waals surface area contributed by atoms with Gasteiger partial charge in [-0.25, -0.2) is 0 Å². The molecular weight excluding hydrogens is 248 g/mol. The molecule has 0 unspecified atom stereocenters. The van der Waals surface area contributed by atoms with Gasteiger partial charge >= 0.3 is 0 Å². The van der Waals surface area contributed by atoms with E-state index in [1.54, 1.807) is 36.4 Å². The molecule has 0 spiro atoms. The zero-order valence-corrected chi connectivity index (χ0v) is 11.7. The second-order valence-electron chi connectivity index (χ2n) is 5.07. The first kappa shape index (κ1) is 14.1. The summed E-state index contributed by atoms with van der Waals surface area (Å²) in [5, 5.41) is 9.19. The van der Waals surface area contributed by atoms with E-state index in [2.05, 4.69) is 13.8 Å². The van der Waals surface area contributed by atoms with E-state index in [-0.39, 0.29) is 11.5 Å². The molecule has 1 N–H and O–H groups in total. The Hall–Kier alpha value is -2.35. The standard InChI is InChI=1S/C18H18O2/c1-13(2)15-6-8-16(9-7-15)18(20)12-5-14-3-10-17(19)11-4-14/h3-13,19H,1-2H3. The Morgan fingerprint density at radius 3 is 2.15 bits per heavy atom. The highest BCUT2D eigenvalue weighted by molar-refractivity contribution is 6.06. The third-order valence-corrected chi connectivity index (χ3v) is 3.18. The van der Waals surface area contributed by atoms with Gasteiger partial charge in [-0.2, -0.15) is 0 Å². The topological polar surface area (TPSA) is 37.3 Å². The second-order valence-corrected chi connectivity index (χ2v) is 5.07. The van der Waals surface area contributed by atoms with E-state index < -0.39 is 0 Å². The molecule has 0 aromatic heterocycles. The maximum absolute atomic E-state index is 12.0. The molecule has 102 valence electrons. The maximum Gasteiger partial charge on any atom is 0.185 e. The van der Waals surface area contributed by atoms with Crippen molar-refractivity contribution in [3.05, 3.63) is 71.3 Å². The highest BCUT2D eigenvalue weighted by atomic mass is 16.3. The summed E-state index contributed by atoms with van der Waals surface area (Å²) >= 11 is 0. The van der Waals surface area contributed by atoms with Gasteiger partial charge in [0.2, 0.25) is 0 Å². The van der Waals surface area contributed by atoms with E-state index >= 15 is 0 Å². The quantitative estimate of drug-likeness (QED) is 0.657. The Bertz CT molecular complexity index is 605. The number of benzene rings is 2. The first-order chi connectivity index (χ1) is 9.56. The fraction of sp³-hybridized carbons (Fsp3) is 0.167. The molecule has 0 saturated carbocycles. The van der Waals surface area contributed by atoms with Gasteiger partial charge in [-0.05, 0) is 35.3 Å². The molecule has 0 fully saturated rings.